The van der Waals surface area contributed by atoms with E-state index in [4.69, 9.17) is 4.74 Å². The summed E-state index contributed by atoms with van der Waals surface area (Å²) in [7, 11) is 0. The van der Waals surface area contributed by atoms with Crippen molar-refractivity contribution in [2.45, 2.75) is 72.6 Å². The number of hydrogen-bond donors (Lipinski definition) is 2. The van der Waals surface area contributed by atoms with Crippen LogP contribution in [-0.2, 0) is 9.53 Å². The van der Waals surface area contributed by atoms with Crippen LogP contribution in [0, 0.1) is 35.5 Å². The summed E-state index contributed by atoms with van der Waals surface area (Å²) in [5, 5.41) is 7.35. The van der Waals surface area contributed by atoms with Gasteiger partial charge in [0.25, 0.3) is 0 Å². The molecule has 0 radical (unpaired) electrons. The monoisotopic (exact) mass is 390 g/mol. The zero-order valence-corrected chi connectivity index (χ0v) is 18.6. The van der Waals surface area contributed by atoms with E-state index in [9.17, 15) is 4.79 Å². The number of fused-ring (bicyclic) bond motifs is 1. The maximum atomic E-state index is 12.8. The van der Waals surface area contributed by atoms with E-state index in [1.807, 2.05) is 6.92 Å². The Bertz CT molecular complexity index is 559. The predicted molar refractivity (Wildman–Crippen MR) is 115 cm³/mol. The zero-order valence-electron chi connectivity index (χ0n) is 18.6. The Morgan fingerprint density at radius 3 is 2.86 bits per heavy atom. The van der Waals surface area contributed by atoms with Crippen LogP contribution in [0.15, 0.2) is 11.3 Å². The summed E-state index contributed by atoms with van der Waals surface area (Å²) in [5.41, 5.74) is 2.80. The lowest BCUT2D eigenvalue weighted by atomic mass is 9.82. The highest BCUT2D eigenvalue weighted by molar-refractivity contribution is 5.77. The third kappa shape index (κ3) is 5.11. The van der Waals surface area contributed by atoms with Gasteiger partial charge in [-0.15, -0.1) is 0 Å². The second kappa shape index (κ2) is 10.1. The summed E-state index contributed by atoms with van der Waals surface area (Å²) in [6.45, 7) is 12.6. The highest BCUT2D eigenvalue weighted by Crippen LogP contribution is 2.57. The van der Waals surface area contributed by atoms with Gasteiger partial charge < -0.3 is 15.4 Å². The van der Waals surface area contributed by atoms with Crippen molar-refractivity contribution in [3.8, 4) is 0 Å². The Hall–Kier alpha value is -1.03. The number of hydrogen-bond acceptors (Lipinski definition) is 4. The molecule has 160 valence electrons. The number of allylic oxidation sites excluding steroid dienone is 1. The van der Waals surface area contributed by atoms with E-state index in [2.05, 4.69) is 31.4 Å². The molecule has 0 aromatic carbocycles. The maximum absolute atomic E-state index is 12.8. The van der Waals surface area contributed by atoms with Gasteiger partial charge in [0.05, 0.1) is 12.5 Å². The number of carbonyl (C=O) groups is 1. The molecule has 4 nitrogen and oxygen atoms in total. The van der Waals surface area contributed by atoms with Crippen LogP contribution in [0.25, 0.3) is 0 Å². The van der Waals surface area contributed by atoms with Crippen molar-refractivity contribution in [1.82, 2.24) is 10.6 Å². The average Bonchev–Trinajstić information content (AvgIpc) is 3.34. The van der Waals surface area contributed by atoms with E-state index in [-0.39, 0.29) is 11.9 Å². The van der Waals surface area contributed by atoms with Crippen molar-refractivity contribution in [2.24, 2.45) is 35.5 Å². The summed E-state index contributed by atoms with van der Waals surface area (Å²) in [4.78, 5) is 12.8. The first-order chi connectivity index (χ1) is 13.6. The lowest BCUT2D eigenvalue weighted by Crippen LogP contribution is -2.30. The molecule has 0 aromatic heterocycles. The van der Waals surface area contributed by atoms with E-state index in [1.165, 1.54) is 56.5 Å². The molecule has 1 saturated heterocycles. The minimum atomic E-state index is -0.0451. The van der Waals surface area contributed by atoms with Crippen molar-refractivity contribution < 1.29 is 9.53 Å². The van der Waals surface area contributed by atoms with Gasteiger partial charge >= 0.3 is 5.97 Å². The van der Waals surface area contributed by atoms with Crippen LogP contribution in [-0.4, -0.2) is 32.2 Å². The zero-order chi connectivity index (χ0) is 20.1. The largest absolute Gasteiger partial charge is 0.466 e. The molecule has 1 saturated carbocycles. The van der Waals surface area contributed by atoms with Gasteiger partial charge in [-0.2, -0.15) is 0 Å². The number of ether oxygens (including phenoxy) is 1. The topological polar surface area (TPSA) is 50.4 Å². The SMILES string of the molecule is CCOC(=O)C(C1=C(NCCC2CCCNCCC2C)C[C@H]2C[C@@H]12)C(C)CC. The summed E-state index contributed by atoms with van der Waals surface area (Å²) in [6, 6.07) is 0. The molecule has 6 atom stereocenters. The van der Waals surface area contributed by atoms with E-state index >= 15 is 0 Å². The standard InChI is InChI=1S/C24H42N2O2/c1-5-16(3)22(24(27)28-6-2)23-20-14-19(20)15-21(23)26-13-10-18-8-7-11-25-12-9-17(18)4/h16-20,22,25-26H,5-15H2,1-4H3/t16?,17?,18?,19-,20-,22?/m1/s1. The van der Waals surface area contributed by atoms with E-state index < -0.39 is 0 Å². The van der Waals surface area contributed by atoms with Gasteiger partial charge in [-0.05, 0) is 93.7 Å². The molecule has 0 spiro atoms. The minimum Gasteiger partial charge on any atom is -0.466 e. The van der Waals surface area contributed by atoms with E-state index in [1.54, 1.807) is 0 Å². The van der Waals surface area contributed by atoms with Crippen LogP contribution in [0.1, 0.15) is 72.6 Å². The second-order valence-electron chi connectivity index (χ2n) is 9.49. The van der Waals surface area contributed by atoms with Crippen LogP contribution in [0.5, 0.6) is 0 Å². The Morgan fingerprint density at radius 2 is 2.11 bits per heavy atom. The highest BCUT2D eigenvalue weighted by atomic mass is 16.5. The highest BCUT2D eigenvalue weighted by Gasteiger charge is 2.51. The van der Waals surface area contributed by atoms with Gasteiger partial charge in [0.1, 0.15) is 0 Å². The third-order valence-electron chi connectivity index (χ3n) is 7.59. The quantitative estimate of drug-likeness (QED) is 0.569. The molecule has 3 aliphatic rings. The normalized spacial score (nSPS) is 32.1. The molecule has 0 bridgehead atoms. The molecule has 3 rings (SSSR count). The lowest BCUT2D eigenvalue weighted by molar-refractivity contribution is -0.148. The number of esters is 1. The molecular formula is C24H42N2O2. The van der Waals surface area contributed by atoms with Crippen molar-refractivity contribution in [2.75, 3.05) is 26.2 Å². The molecular weight excluding hydrogens is 348 g/mol. The maximum Gasteiger partial charge on any atom is 0.313 e. The first-order valence-electron chi connectivity index (χ1n) is 11.9. The van der Waals surface area contributed by atoms with Gasteiger partial charge in [0.2, 0.25) is 0 Å². The van der Waals surface area contributed by atoms with Crippen molar-refractivity contribution in [3.05, 3.63) is 11.3 Å². The fourth-order valence-corrected chi connectivity index (χ4v) is 5.49. The average molecular weight is 391 g/mol. The summed E-state index contributed by atoms with van der Waals surface area (Å²) in [5.74, 6) is 3.35. The Kier molecular flexibility index (Phi) is 7.85. The molecule has 4 heteroatoms. The van der Waals surface area contributed by atoms with E-state index in [0.717, 1.165) is 37.1 Å². The first kappa shape index (κ1) is 21.7. The van der Waals surface area contributed by atoms with Crippen molar-refractivity contribution >= 4 is 5.97 Å². The molecule has 2 fully saturated rings. The lowest BCUT2D eigenvalue weighted by Gasteiger charge is -2.28. The molecule has 4 unspecified atom stereocenters. The number of carbonyl (C=O) groups excluding carboxylic acids is 1. The van der Waals surface area contributed by atoms with Gasteiger partial charge in [-0.3, -0.25) is 4.79 Å². The van der Waals surface area contributed by atoms with Crippen LogP contribution in [0.2, 0.25) is 0 Å². The van der Waals surface area contributed by atoms with Gasteiger partial charge in [-0.25, -0.2) is 0 Å². The third-order valence-corrected chi connectivity index (χ3v) is 7.59. The van der Waals surface area contributed by atoms with Crippen LogP contribution < -0.4 is 10.6 Å². The van der Waals surface area contributed by atoms with E-state index in [0.29, 0.717) is 18.4 Å². The Morgan fingerprint density at radius 1 is 1.29 bits per heavy atom. The Balaban J connectivity index is 1.64. The summed E-state index contributed by atoms with van der Waals surface area (Å²) < 4.78 is 5.49. The molecule has 28 heavy (non-hydrogen) atoms. The van der Waals surface area contributed by atoms with Gasteiger partial charge in [0, 0.05) is 12.2 Å². The van der Waals surface area contributed by atoms with Crippen molar-refractivity contribution in [1.29, 1.82) is 0 Å². The minimum absolute atomic E-state index is 0.000148. The Labute approximate surface area is 172 Å². The predicted octanol–water partition coefficient (Wildman–Crippen LogP) is 4.51. The van der Waals surface area contributed by atoms with Gasteiger partial charge in [0.15, 0.2) is 0 Å². The summed E-state index contributed by atoms with van der Waals surface area (Å²) in [6.07, 6.45) is 8.63. The smallest absolute Gasteiger partial charge is 0.313 e. The number of rotatable bonds is 9. The van der Waals surface area contributed by atoms with Crippen LogP contribution >= 0.6 is 0 Å². The number of nitrogens with one attached hydrogen (secondary N) is 2. The van der Waals surface area contributed by atoms with Gasteiger partial charge in [-0.1, -0.05) is 27.2 Å². The molecule has 0 amide bonds. The van der Waals surface area contributed by atoms with Crippen LogP contribution in [0.3, 0.4) is 0 Å². The molecule has 2 N–H and O–H groups in total. The molecule has 1 heterocycles. The molecule has 1 aliphatic heterocycles. The van der Waals surface area contributed by atoms with Crippen molar-refractivity contribution in [3.63, 3.8) is 0 Å². The molecule has 2 aliphatic carbocycles. The second-order valence-corrected chi connectivity index (χ2v) is 9.49. The fraction of sp³-hybridized carbons (Fsp3) is 0.875. The van der Waals surface area contributed by atoms with Crippen LogP contribution in [0.4, 0.5) is 0 Å². The fourth-order valence-electron chi connectivity index (χ4n) is 5.49. The summed E-state index contributed by atoms with van der Waals surface area (Å²) >= 11 is 0. The first-order valence-corrected chi connectivity index (χ1v) is 11.9. The molecule has 0 aromatic rings.